The second-order valence-electron chi connectivity index (χ2n) is 5.16. The number of pyridine rings is 1. The maximum atomic E-state index is 12.2. The molecule has 0 aliphatic carbocycles. The fraction of sp³-hybridized carbons (Fsp3) is 0.333. The minimum Gasteiger partial charge on any atom is -0.323 e. The normalized spacial score (nSPS) is 13.7. The molecule has 8 heteroatoms. The molecular formula is C15H21N5O2S. The van der Waals surface area contributed by atoms with E-state index in [4.69, 9.17) is 10.9 Å². The Hall–Kier alpha value is -1.87. The SMILES string of the molecule is NC(CCCCNS(N)=O)C(=O)Nc1cccc2cccnc12. The van der Waals surface area contributed by atoms with Gasteiger partial charge in [0.15, 0.2) is 11.2 Å². The number of hydrogen-bond donors (Lipinski definition) is 4. The fourth-order valence-electron chi connectivity index (χ4n) is 2.22. The highest BCUT2D eigenvalue weighted by molar-refractivity contribution is 7.80. The summed E-state index contributed by atoms with van der Waals surface area (Å²) in [5.41, 5.74) is 7.31. The summed E-state index contributed by atoms with van der Waals surface area (Å²) in [5, 5.41) is 8.87. The number of amides is 1. The van der Waals surface area contributed by atoms with E-state index in [-0.39, 0.29) is 5.91 Å². The van der Waals surface area contributed by atoms with E-state index in [1.165, 1.54) is 0 Å². The number of hydrogen-bond acceptors (Lipinski definition) is 4. The minimum atomic E-state index is -1.50. The van der Waals surface area contributed by atoms with Gasteiger partial charge in [-0.3, -0.25) is 9.78 Å². The van der Waals surface area contributed by atoms with Crippen LogP contribution in [-0.4, -0.2) is 27.7 Å². The zero-order valence-corrected chi connectivity index (χ0v) is 13.5. The van der Waals surface area contributed by atoms with Crippen molar-refractivity contribution in [1.82, 2.24) is 9.71 Å². The Bertz CT molecular complexity index is 689. The molecule has 1 amide bonds. The highest BCUT2D eigenvalue weighted by Crippen LogP contribution is 2.20. The zero-order chi connectivity index (χ0) is 16.7. The van der Waals surface area contributed by atoms with Gasteiger partial charge in [-0.25, -0.2) is 14.1 Å². The maximum absolute atomic E-state index is 12.2. The number of para-hydroxylation sites is 1. The summed E-state index contributed by atoms with van der Waals surface area (Å²) >= 11 is -1.50. The number of benzene rings is 1. The molecule has 23 heavy (non-hydrogen) atoms. The van der Waals surface area contributed by atoms with Crippen LogP contribution in [0.15, 0.2) is 36.5 Å². The largest absolute Gasteiger partial charge is 0.323 e. The van der Waals surface area contributed by atoms with Crippen molar-refractivity contribution in [2.75, 3.05) is 11.9 Å². The lowest BCUT2D eigenvalue weighted by Gasteiger charge is -2.13. The van der Waals surface area contributed by atoms with Crippen molar-refractivity contribution in [1.29, 1.82) is 0 Å². The van der Waals surface area contributed by atoms with Crippen molar-refractivity contribution >= 4 is 33.7 Å². The van der Waals surface area contributed by atoms with Crippen molar-refractivity contribution < 1.29 is 9.00 Å². The molecule has 0 saturated heterocycles. The quantitative estimate of drug-likeness (QED) is 0.533. The monoisotopic (exact) mass is 335 g/mol. The van der Waals surface area contributed by atoms with Gasteiger partial charge in [0.2, 0.25) is 5.91 Å². The molecule has 2 atom stereocenters. The number of nitrogens with two attached hydrogens (primary N) is 2. The van der Waals surface area contributed by atoms with E-state index in [1.807, 2.05) is 24.3 Å². The first kappa shape index (κ1) is 17.5. The molecule has 0 radical (unpaired) electrons. The smallest absolute Gasteiger partial charge is 0.241 e. The molecule has 2 unspecified atom stereocenters. The molecule has 1 aromatic carbocycles. The van der Waals surface area contributed by atoms with E-state index in [2.05, 4.69) is 15.0 Å². The molecule has 0 fully saturated rings. The first-order chi connectivity index (χ1) is 11.1. The third-order valence-electron chi connectivity index (χ3n) is 3.41. The molecule has 1 aromatic heterocycles. The Kier molecular flexibility index (Phi) is 6.60. The van der Waals surface area contributed by atoms with Gasteiger partial charge in [-0.05, 0) is 25.0 Å². The van der Waals surface area contributed by atoms with Gasteiger partial charge < -0.3 is 11.1 Å². The first-order valence-electron chi connectivity index (χ1n) is 7.38. The van der Waals surface area contributed by atoms with E-state index < -0.39 is 17.2 Å². The summed E-state index contributed by atoms with van der Waals surface area (Å²) in [5.74, 6) is -0.237. The highest BCUT2D eigenvalue weighted by atomic mass is 32.2. The number of carbonyl (C=O) groups is 1. The van der Waals surface area contributed by atoms with Gasteiger partial charge in [-0.1, -0.05) is 24.6 Å². The molecule has 6 N–H and O–H groups in total. The Morgan fingerprint density at radius 1 is 1.26 bits per heavy atom. The third kappa shape index (κ3) is 5.36. The lowest BCUT2D eigenvalue weighted by Crippen LogP contribution is -2.35. The molecule has 0 saturated carbocycles. The Balaban J connectivity index is 1.86. The van der Waals surface area contributed by atoms with Crippen LogP contribution in [0.1, 0.15) is 19.3 Å². The van der Waals surface area contributed by atoms with Crippen LogP contribution in [0, 0.1) is 0 Å². The fourth-order valence-corrected chi connectivity index (χ4v) is 2.57. The number of nitrogens with zero attached hydrogens (tertiary/aromatic N) is 1. The minimum absolute atomic E-state index is 0.237. The molecule has 0 spiro atoms. The highest BCUT2D eigenvalue weighted by Gasteiger charge is 2.14. The van der Waals surface area contributed by atoms with Crippen molar-refractivity contribution in [3.8, 4) is 0 Å². The zero-order valence-electron chi connectivity index (χ0n) is 12.7. The number of unbranched alkanes of at least 4 members (excludes halogenated alkanes) is 1. The van der Waals surface area contributed by atoms with Crippen molar-refractivity contribution in [3.05, 3.63) is 36.5 Å². The Labute approximate surface area is 137 Å². The van der Waals surface area contributed by atoms with Crippen LogP contribution in [0.5, 0.6) is 0 Å². The van der Waals surface area contributed by atoms with E-state index >= 15 is 0 Å². The molecule has 0 bridgehead atoms. The second kappa shape index (κ2) is 8.68. The first-order valence-corrected chi connectivity index (χ1v) is 8.59. The molecular weight excluding hydrogens is 314 g/mol. The van der Waals surface area contributed by atoms with Gasteiger partial charge >= 0.3 is 0 Å². The van der Waals surface area contributed by atoms with Crippen LogP contribution in [-0.2, 0) is 16.0 Å². The van der Waals surface area contributed by atoms with Crippen LogP contribution in [0.25, 0.3) is 10.9 Å². The molecule has 7 nitrogen and oxygen atoms in total. The maximum Gasteiger partial charge on any atom is 0.241 e. The molecule has 2 aromatic rings. The van der Waals surface area contributed by atoms with Crippen LogP contribution in [0.4, 0.5) is 5.69 Å². The lowest BCUT2D eigenvalue weighted by molar-refractivity contribution is -0.117. The van der Waals surface area contributed by atoms with Gasteiger partial charge in [0.05, 0.1) is 17.2 Å². The standard InChI is InChI=1S/C15H21N5O2S/c16-12(7-1-2-10-19-23(17)22)15(21)20-13-8-3-5-11-6-4-9-18-14(11)13/h3-6,8-9,12,19H,1-2,7,10,16-17H2,(H,20,21). The molecule has 0 aliphatic heterocycles. The number of carbonyl (C=O) groups excluding carboxylic acids is 1. The van der Waals surface area contributed by atoms with Gasteiger partial charge in [0.1, 0.15) is 0 Å². The summed E-state index contributed by atoms with van der Waals surface area (Å²) in [4.78, 5) is 16.5. The van der Waals surface area contributed by atoms with E-state index in [0.29, 0.717) is 18.7 Å². The van der Waals surface area contributed by atoms with Gasteiger partial charge in [0.25, 0.3) is 0 Å². The summed E-state index contributed by atoms with van der Waals surface area (Å²) < 4.78 is 13.3. The van der Waals surface area contributed by atoms with Crippen molar-refractivity contribution in [3.63, 3.8) is 0 Å². The summed E-state index contributed by atoms with van der Waals surface area (Å²) in [7, 11) is 0. The summed E-state index contributed by atoms with van der Waals surface area (Å²) in [6.45, 7) is 0.532. The Morgan fingerprint density at radius 2 is 2.04 bits per heavy atom. The Morgan fingerprint density at radius 3 is 2.83 bits per heavy atom. The number of nitrogens with one attached hydrogen (secondary N) is 2. The van der Waals surface area contributed by atoms with E-state index in [1.54, 1.807) is 12.3 Å². The number of aromatic nitrogens is 1. The third-order valence-corrected chi connectivity index (χ3v) is 3.90. The average molecular weight is 335 g/mol. The molecule has 0 aliphatic rings. The second-order valence-corrected chi connectivity index (χ2v) is 6.05. The number of rotatable bonds is 8. The van der Waals surface area contributed by atoms with Crippen LogP contribution in [0.2, 0.25) is 0 Å². The number of anilines is 1. The summed E-state index contributed by atoms with van der Waals surface area (Å²) in [6, 6.07) is 8.79. The number of fused-ring (bicyclic) bond motifs is 1. The van der Waals surface area contributed by atoms with Crippen LogP contribution < -0.4 is 20.9 Å². The van der Waals surface area contributed by atoms with Crippen LogP contribution in [0.3, 0.4) is 0 Å². The summed E-state index contributed by atoms with van der Waals surface area (Å²) in [6.07, 6.45) is 3.72. The molecule has 124 valence electrons. The average Bonchev–Trinajstić information content (AvgIpc) is 2.54. The van der Waals surface area contributed by atoms with Crippen molar-refractivity contribution in [2.24, 2.45) is 10.9 Å². The predicted octanol–water partition coefficient (Wildman–Crippen LogP) is 0.798. The van der Waals surface area contributed by atoms with Gasteiger partial charge in [-0.2, -0.15) is 0 Å². The van der Waals surface area contributed by atoms with Crippen LogP contribution >= 0.6 is 0 Å². The van der Waals surface area contributed by atoms with E-state index in [9.17, 15) is 9.00 Å². The lowest BCUT2D eigenvalue weighted by atomic mass is 10.1. The molecule has 1 heterocycles. The van der Waals surface area contributed by atoms with Crippen molar-refractivity contribution in [2.45, 2.75) is 25.3 Å². The van der Waals surface area contributed by atoms with Gasteiger partial charge in [-0.15, -0.1) is 0 Å². The molecule has 2 rings (SSSR count). The van der Waals surface area contributed by atoms with E-state index in [0.717, 1.165) is 23.7 Å². The topological polar surface area (TPSA) is 123 Å². The van der Waals surface area contributed by atoms with Gasteiger partial charge in [0, 0.05) is 18.1 Å². The predicted molar refractivity (Wildman–Crippen MR) is 92.5 cm³/mol.